The van der Waals surface area contributed by atoms with E-state index >= 15 is 0 Å². The summed E-state index contributed by atoms with van der Waals surface area (Å²) in [4.78, 5) is 5.84. The molecule has 0 saturated carbocycles. The van der Waals surface area contributed by atoms with E-state index in [1.165, 1.54) is 19.1 Å². The van der Waals surface area contributed by atoms with Crippen molar-refractivity contribution in [3.63, 3.8) is 0 Å². The third-order valence-electron chi connectivity index (χ3n) is 4.09. The van der Waals surface area contributed by atoms with Crippen molar-refractivity contribution in [2.75, 3.05) is 6.54 Å². The zero-order chi connectivity index (χ0) is 17.5. The SMILES string of the molecule is Cc1ccc(-c2noc([C@@H]3CCCN3C(=N)N)n2)cc1C(F)(F)F.Cl. The minimum atomic E-state index is -4.44. The van der Waals surface area contributed by atoms with E-state index in [1.54, 1.807) is 4.90 Å². The molecule has 0 unspecified atom stereocenters. The number of nitrogens with zero attached hydrogens (tertiary/aromatic N) is 3. The van der Waals surface area contributed by atoms with Crippen LogP contribution in [0.1, 0.15) is 35.9 Å². The van der Waals surface area contributed by atoms with Crippen molar-refractivity contribution in [1.29, 1.82) is 5.41 Å². The van der Waals surface area contributed by atoms with Crippen molar-refractivity contribution < 1.29 is 17.7 Å². The Labute approximate surface area is 148 Å². The fourth-order valence-electron chi connectivity index (χ4n) is 2.87. The number of hydrogen-bond acceptors (Lipinski definition) is 4. The number of rotatable bonds is 2. The number of aryl methyl sites for hydroxylation is 1. The van der Waals surface area contributed by atoms with Gasteiger partial charge in [-0.15, -0.1) is 12.4 Å². The summed E-state index contributed by atoms with van der Waals surface area (Å²) in [5.41, 5.74) is 5.16. The lowest BCUT2D eigenvalue weighted by Gasteiger charge is -2.21. The number of nitrogens with one attached hydrogen (secondary N) is 1. The van der Waals surface area contributed by atoms with E-state index in [0.717, 1.165) is 12.5 Å². The molecule has 0 radical (unpaired) electrons. The zero-order valence-electron chi connectivity index (χ0n) is 13.3. The zero-order valence-corrected chi connectivity index (χ0v) is 14.1. The topological polar surface area (TPSA) is 92.0 Å². The van der Waals surface area contributed by atoms with Crippen LogP contribution in [-0.2, 0) is 6.18 Å². The molecule has 1 fully saturated rings. The predicted molar refractivity (Wildman–Crippen MR) is 87.3 cm³/mol. The first-order valence-corrected chi connectivity index (χ1v) is 7.40. The fraction of sp³-hybridized carbons (Fsp3) is 0.400. The van der Waals surface area contributed by atoms with Gasteiger partial charge in [-0.05, 0) is 31.4 Å². The summed E-state index contributed by atoms with van der Waals surface area (Å²) in [5.74, 6) is 0.254. The van der Waals surface area contributed by atoms with Crippen LogP contribution < -0.4 is 5.73 Å². The van der Waals surface area contributed by atoms with E-state index in [0.29, 0.717) is 13.0 Å². The normalized spacial score (nSPS) is 17.4. The van der Waals surface area contributed by atoms with Gasteiger partial charge in [0.05, 0.1) is 5.56 Å². The van der Waals surface area contributed by atoms with Crippen molar-refractivity contribution in [2.24, 2.45) is 5.73 Å². The molecular weight excluding hydrogens is 359 g/mol. The molecule has 2 aromatic rings. The van der Waals surface area contributed by atoms with Gasteiger partial charge in [-0.1, -0.05) is 17.3 Å². The highest BCUT2D eigenvalue weighted by atomic mass is 35.5. The van der Waals surface area contributed by atoms with Crippen molar-refractivity contribution in [1.82, 2.24) is 15.0 Å². The number of nitrogens with two attached hydrogens (primary N) is 1. The first-order valence-electron chi connectivity index (χ1n) is 7.40. The van der Waals surface area contributed by atoms with Crippen LogP contribution >= 0.6 is 12.4 Å². The monoisotopic (exact) mass is 375 g/mol. The molecule has 1 aliphatic rings. The molecule has 1 aromatic heterocycles. The van der Waals surface area contributed by atoms with Gasteiger partial charge in [-0.2, -0.15) is 18.2 Å². The summed E-state index contributed by atoms with van der Waals surface area (Å²) in [6.07, 6.45) is -2.92. The average molecular weight is 376 g/mol. The standard InChI is InChI=1S/C15H16F3N5O.ClH/c1-8-4-5-9(7-10(8)15(16,17)18)12-21-13(24-22-12)11-3-2-6-23(11)14(19)20;/h4-5,7,11H,2-3,6H2,1H3,(H3,19,20);1H/t11-;/m0./s1. The van der Waals surface area contributed by atoms with Gasteiger partial charge in [-0.3, -0.25) is 5.41 Å². The number of guanidine groups is 1. The predicted octanol–water partition coefficient (Wildman–Crippen LogP) is 3.52. The van der Waals surface area contributed by atoms with Crippen molar-refractivity contribution in [3.05, 3.63) is 35.2 Å². The van der Waals surface area contributed by atoms with Crippen molar-refractivity contribution >= 4 is 18.4 Å². The average Bonchev–Trinajstić information content (AvgIpc) is 3.15. The number of alkyl halides is 3. The minimum absolute atomic E-state index is 0. The molecule has 0 aliphatic carbocycles. The maximum atomic E-state index is 13.0. The molecular formula is C15H17ClF3N5O. The van der Waals surface area contributed by atoms with Gasteiger partial charge >= 0.3 is 6.18 Å². The van der Waals surface area contributed by atoms with Crippen molar-refractivity contribution in [2.45, 2.75) is 32.0 Å². The molecule has 0 spiro atoms. The second kappa shape index (κ2) is 6.91. The maximum absolute atomic E-state index is 13.0. The smallest absolute Gasteiger partial charge is 0.370 e. The lowest BCUT2D eigenvalue weighted by Crippen LogP contribution is -2.35. The van der Waals surface area contributed by atoms with E-state index in [-0.39, 0.29) is 47.3 Å². The van der Waals surface area contributed by atoms with E-state index in [1.807, 2.05) is 0 Å². The second-order valence-corrected chi connectivity index (χ2v) is 5.72. The number of benzene rings is 1. The Balaban J connectivity index is 0.00000225. The Morgan fingerprint density at radius 2 is 2.12 bits per heavy atom. The Kier molecular flexibility index (Phi) is 5.26. The number of halogens is 4. The third kappa shape index (κ3) is 3.71. The highest BCUT2D eigenvalue weighted by Gasteiger charge is 2.34. The Bertz CT molecular complexity index is 777. The molecule has 1 saturated heterocycles. The van der Waals surface area contributed by atoms with Gasteiger partial charge in [0.25, 0.3) is 0 Å². The molecule has 0 bridgehead atoms. The van der Waals surface area contributed by atoms with Crippen LogP contribution in [0.25, 0.3) is 11.4 Å². The number of aromatic nitrogens is 2. The van der Waals surface area contributed by atoms with Crippen LogP contribution in [0.3, 0.4) is 0 Å². The summed E-state index contributed by atoms with van der Waals surface area (Å²) in [7, 11) is 0. The van der Waals surface area contributed by atoms with Crippen molar-refractivity contribution in [3.8, 4) is 11.4 Å². The summed E-state index contributed by atoms with van der Waals surface area (Å²) in [6, 6.07) is 3.61. The number of likely N-dealkylation sites (tertiary alicyclic amines) is 1. The van der Waals surface area contributed by atoms with Gasteiger partial charge in [0.15, 0.2) is 5.96 Å². The molecule has 1 atom stereocenters. The van der Waals surface area contributed by atoms with Crippen LogP contribution in [0.15, 0.2) is 22.7 Å². The van der Waals surface area contributed by atoms with Crippen LogP contribution in [0.2, 0.25) is 0 Å². The van der Waals surface area contributed by atoms with Gasteiger partial charge < -0.3 is 15.2 Å². The number of hydrogen-bond donors (Lipinski definition) is 2. The van der Waals surface area contributed by atoms with Crippen LogP contribution in [0.4, 0.5) is 13.2 Å². The molecule has 6 nitrogen and oxygen atoms in total. The Hall–Kier alpha value is -2.29. The first kappa shape index (κ1) is 19.0. The van der Waals surface area contributed by atoms with E-state index in [9.17, 15) is 13.2 Å². The van der Waals surface area contributed by atoms with Crippen LogP contribution in [-0.4, -0.2) is 27.5 Å². The largest absolute Gasteiger partial charge is 0.416 e. The molecule has 3 rings (SSSR count). The lowest BCUT2D eigenvalue weighted by molar-refractivity contribution is -0.138. The molecule has 3 N–H and O–H groups in total. The summed E-state index contributed by atoms with van der Waals surface area (Å²) >= 11 is 0. The van der Waals surface area contributed by atoms with E-state index < -0.39 is 11.7 Å². The highest BCUT2D eigenvalue weighted by molar-refractivity contribution is 5.85. The molecule has 0 amide bonds. The summed E-state index contributed by atoms with van der Waals surface area (Å²) in [6.45, 7) is 2.01. The van der Waals surface area contributed by atoms with Gasteiger partial charge in [0.2, 0.25) is 11.7 Å². The molecule has 136 valence electrons. The third-order valence-corrected chi connectivity index (χ3v) is 4.09. The fourth-order valence-corrected chi connectivity index (χ4v) is 2.87. The Morgan fingerprint density at radius 3 is 2.76 bits per heavy atom. The van der Waals surface area contributed by atoms with Crippen LogP contribution in [0.5, 0.6) is 0 Å². The van der Waals surface area contributed by atoms with Crippen LogP contribution in [0, 0.1) is 12.3 Å². The Morgan fingerprint density at radius 1 is 1.40 bits per heavy atom. The van der Waals surface area contributed by atoms with Gasteiger partial charge in [-0.25, -0.2) is 0 Å². The summed E-state index contributed by atoms with van der Waals surface area (Å²) < 4.78 is 44.3. The first-order chi connectivity index (χ1) is 11.3. The van der Waals surface area contributed by atoms with E-state index in [4.69, 9.17) is 15.7 Å². The van der Waals surface area contributed by atoms with E-state index in [2.05, 4.69) is 10.1 Å². The highest BCUT2D eigenvalue weighted by Crippen LogP contribution is 2.35. The summed E-state index contributed by atoms with van der Waals surface area (Å²) in [5, 5.41) is 11.3. The minimum Gasteiger partial charge on any atom is -0.370 e. The van der Waals surface area contributed by atoms with Gasteiger partial charge in [0.1, 0.15) is 6.04 Å². The molecule has 1 aliphatic heterocycles. The molecule has 1 aromatic carbocycles. The molecule has 10 heteroatoms. The maximum Gasteiger partial charge on any atom is 0.416 e. The second-order valence-electron chi connectivity index (χ2n) is 5.72. The lowest BCUT2D eigenvalue weighted by atomic mass is 10.0. The quantitative estimate of drug-likeness (QED) is 0.619. The molecule has 2 heterocycles. The van der Waals surface area contributed by atoms with Gasteiger partial charge in [0, 0.05) is 12.1 Å². The molecule has 25 heavy (non-hydrogen) atoms.